The zero-order valence-electron chi connectivity index (χ0n) is 16.4. The van der Waals surface area contributed by atoms with Crippen molar-refractivity contribution in [2.24, 2.45) is 0 Å². The van der Waals surface area contributed by atoms with Gasteiger partial charge in [-0.3, -0.25) is 14.9 Å². The summed E-state index contributed by atoms with van der Waals surface area (Å²) in [6.45, 7) is 3.43. The number of benzene rings is 3. The smallest absolute Gasteiger partial charge is 0.268 e. The van der Waals surface area contributed by atoms with Gasteiger partial charge in [-0.1, -0.05) is 35.3 Å². The lowest BCUT2D eigenvalue weighted by Gasteiger charge is -2.25. The van der Waals surface area contributed by atoms with E-state index in [9.17, 15) is 23.3 Å². The van der Waals surface area contributed by atoms with Gasteiger partial charge in [0.15, 0.2) is 0 Å². The van der Waals surface area contributed by atoms with Crippen molar-refractivity contribution in [2.75, 3.05) is 4.31 Å². The summed E-state index contributed by atoms with van der Waals surface area (Å²) < 4.78 is 27.7. The highest BCUT2D eigenvalue weighted by molar-refractivity contribution is 7.93. The average Bonchev–Trinajstić information content (AvgIpc) is 2.70. The summed E-state index contributed by atoms with van der Waals surface area (Å²) in [5.41, 5.74) is 0.912. The minimum absolute atomic E-state index is 0.148. The number of halogens is 2. The maximum absolute atomic E-state index is 13.5. The molecule has 160 valence electrons. The van der Waals surface area contributed by atoms with E-state index >= 15 is 0 Å². The molecule has 1 amide bonds. The number of anilines is 1. The van der Waals surface area contributed by atoms with Crippen LogP contribution in [-0.2, 0) is 10.0 Å². The molecular formula is C21H16Cl2N2O5S. The van der Waals surface area contributed by atoms with Gasteiger partial charge in [-0.25, -0.2) is 8.42 Å². The molecule has 10 heteroatoms. The number of nitrogens with zero attached hydrogens (tertiary/aromatic N) is 2. The molecule has 31 heavy (non-hydrogen) atoms. The molecule has 0 aliphatic heterocycles. The van der Waals surface area contributed by atoms with Crippen LogP contribution in [-0.4, -0.2) is 19.2 Å². The van der Waals surface area contributed by atoms with Crippen LogP contribution in [0.5, 0.6) is 0 Å². The fraction of sp³-hybridized carbons (Fsp3) is 0.0952. The lowest BCUT2D eigenvalue weighted by Crippen LogP contribution is -2.37. The molecule has 0 N–H and O–H groups in total. The van der Waals surface area contributed by atoms with Gasteiger partial charge >= 0.3 is 0 Å². The first kappa shape index (κ1) is 22.7. The third-order valence-electron chi connectivity index (χ3n) is 4.51. The Bertz CT molecular complexity index is 1290. The summed E-state index contributed by atoms with van der Waals surface area (Å²) in [5, 5.41) is 11.1. The topological polar surface area (TPSA) is 97.6 Å². The Morgan fingerprint density at radius 2 is 1.61 bits per heavy atom. The van der Waals surface area contributed by atoms with Gasteiger partial charge in [0.05, 0.1) is 26.1 Å². The SMILES string of the molecule is Cc1ccc(C)c(N(C(=O)c2ccc([N+](=O)[O-])cc2Cl)S(=O)(=O)c2ccc(Cl)cc2)c1. The molecule has 0 atom stereocenters. The second-order valence-corrected chi connectivity index (χ2v) is 9.37. The molecule has 0 saturated carbocycles. The Labute approximate surface area is 189 Å². The van der Waals surface area contributed by atoms with E-state index in [1.165, 1.54) is 24.3 Å². The highest BCUT2D eigenvalue weighted by atomic mass is 35.5. The summed E-state index contributed by atoms with van der Waals surface area (Å²) in [4.78, 5) is 23.6. The van der Waals surface area contributed by atoms with Crippen molar-refractivity contribution in [3.05, 3.63) is 97.5 Å². The van der Waals surface area contributed by atoms with E-state index in [1.54, 1.807) is 32.0 Å². The third-order valence-corrected chi connectivity index (χ3v) is 6.79. The molecule has 0 heterocycles. The van der Waals surface area contributed by atoms with Crippen LogP contribution in [0.15, 0.2) is 65.6 Å². The number of aryl methyl sites for hydroxylation is 2. The van der Waals surface area contributed by atoms with Crippen LogP contribution in [0.3, 0.4) is 0 Å². The highest BCUT2D eigenvalue weighted by Crippen LogP contribution is 2.32. The van der Waals surface area contributed by atoms with Crippen LogP contribution in [0.25, 0.3) is 0 Å². The zero-order chi connectivity index (χ0) is 22.9. The number of rotatable bonds is 5. The second-order valence-electron chi connectivity index (χ2n) is 6.74. The Morgan fingerprint density at radius 3 is 2.19 bits per heavy atom. The minimum Gasteiger partial charge on any atom is -0.268 e. The van der Waals surface area contributed by atoms with E-state index in [4.69, 9.17) is 23.2 Å². The molecule has 3 rings (SSSR count). The third kappa shape index (κ3) is 4.56. The molecule has 0 aromatic heterocycles. The van der Waals surface area contributed by atoms with E-state index < -0.39 is 20.9 Å². The van der Waals surface area contributed by atoms with E-state index in [0.717, 1.165) is 23.8 Å². The number of hydrogen-bond donors (Lipinski definition) is 0. The van der Waals surface area contributed by atoms with Crippen LogP contribution in [0.4, 0.5) is 11.4 Å². The molecule has 7 nitrogen and oxygen atoms in total. The van der Waals surface area contributed by atoms with Crippen LogP contribution in [0, 0.1) is 24.0 Å². The Hall–Kier alpha value is -2.94. The van der Waals surface area contributed by atoms with E-state index in [0.29, 0.717) is 14.9 Å². The van der Waals surface area contributed by atoms with Gasteiger partial charge < -0.3 is 0 Å². The van der Waals surface area contributed by atoms with Gasteiger partial charge in [0.1, 0.15) is 0 Å². The van der Waals surface area contributed by atoms with Crippen LogP contribution < -0.4 is 4.31 Å². The zero-order valence-corrected chi connectivity index (χ0v) is 18.7. The predicted molar refractivity (Wildman–Crippen MR) is 119 cm³/mol. The van der Waals surface area contributed by atoms with Gasteiger partial charge in [0.2, 0.25) is 0 Å². The molecule has 0 fully saturated rings. The molecule has 0 spiro atoms. The molecule has 0 saturated heterocycles. The van der Waals surface area contributed by atoms with Crippen molar-refractivity contribution in [1.29, 1.82) is 0 Å². The number of hydrogen-bond acceptors (Lipinski definition) is 5. The van der Waals surface area contributed by atoms with E-state index in [2.05, 4.69) is 0 Å². The number of nitro groups is 1. The van der Waals surface area contributed by atoms with Gasteiger partial charge in [0, 0.05) is 17.2 Å². The average molecular weight is 479 g/mol. The highest BCUT2D eigenvalue weighted by Gasteiger charge is 2.34. The summed E-state index contributed by atoms with van der Waals surface area (Å²) in [6.07, 6.45) is 0. The number of non-ortho nitro benzene ring substituents is 1. The fourth-order valence-electron chi connectivity index (χ4n) is 2.90. The maximum atomic E-state index is 13.5. The van der Waals surface area contributed by atoms with Crippen molar-refractivity contribution < 1.29 is 18.1 Å². The number of sulfonamides is 1. The molecule has 0 bridgehead atoms. The number of amides is 1. The quantitative estimate of drug-likeness (QED) is 0.353. The lowest BCUT2D eigenvalue weighted by atomic mass is 10.1. The number of nitro benzene ring substituents is 1. The van der Waals surface area contributed by atoms with Crippen molar-refractivity contribution >= 4 is 50.5 Å². The van der Waals surface area contributed by atoms with Crippen molar-refractivity contribution in [3.63, 3.8) is 0 Å². The van der Waals surface area contributed by atoms with Crippen molar-refractivity contribution in [2.45, 2.75) is 18.7 Å². The second kappa shape index (κ2) is 8.66. The maximum Gasteiger partial charge on any atom is 0.273 e. The minimum atomic E-state index is -4.37. The number of carbonyl (C=O) groups excluding carboxylic acids is 1. The van der Waals surface area contributed by atoms with Gasteiger partial charge in [-0.15, -0.1) is 0 Å². The van der Waals surface area contributed by atoms with Gasteiger partial charge in [-0.05, 0) is 61.4 Å². The molecule has 0 radical (unpaired) electrons. The standard InChI is InChI=1S/C21H16Cl2N2O5S/c1-13-3-4-14(2)20(11-13)24(31(29,30)17-8-5-15(22)6-9-17)21(26)18-10-7-16(25(27)28)12-19(18)23/h3-12H,1-2H3. The largest absolute Gasteiger partial charge is 0.273 e. The first-order chi connectivity index (χ1) is 14.5. The summed E-state index contributed by atoms with van der Waals surface area (Å²) in [6, 6.07) is 13.7. The molecule has 0 unspecified atom stereocenters. The van der Waals surface area contributed by atoms with E-state index in [-0.39, 0.29) is 26.9 Å². The lowest BCUT2D eigenvalue weighted by molar-refractivity contribution is -0.384. The Kier molecular flexibility index (Phi) is 6.35. The summed E-state index contributed by atoms with van der Waals surface area (Å²) >= 11 is 12.0. The fourth-order valence-corrected chi connectivity index (χ4v) is 4.74. The molecular weight excluding hydrogens is 463 g/mol. The van der Waals surface area contributed by atoms with Gasteiger partial charge in [0.25, 0.3) is 21.6 Å². The van der Waals surface area contributed by atoms with Crippen molar-refractivity contribution in [1.82, 2.24) is 0 Å². The first-order valence-electron chi connectivity index (χ1n) is 8.89. The normalized spacial score (nSPS) is 11.2. The Morgan fingerprint density at radius 1 is 0.968 bits per heavy atom. The van der Waals surface area contributed by atoms with E-state index in [1.807, 2.05) is 0 Å². The summed E-state index contributed by atoms with van der Waals surface area (Å²) in [5.74, 6) is -0.941. The van der Waals surface area contributed by atoms with Crippen LogP contribution in [0.2, 0.25) is 10.0 Å². The van der Waals surface area contributed by atoms with Crippen LogP contribution >= 0.6 is 23.2 Å². The molecule has 0 aliphatic carbocycles. The van der Waals surface area contributed by atoms with Crippen LogP contribution in [0.1, 0.15) is 21.5 Å². The van der Waals surface area contributed by atoms with Gasteiger partial charge in [-0.2, -0.15) is 4.31 Å². The molecule has 3 aromatic rings. The Balaban J connectivity index is 2.24. The first-order valence-corrected chi connectivity index (χ1v) is 11.1. The van der Waals surface area contributed by atoms with Crippen molar-refractivity contribution in [3.8, 4) is 0 Å². The molecule has 3 aromatic carbocycles. The molecule has 0 aliphatic rings. The summed E-state index contributed by atoms with van der Waals surface area (Å²) in [7, 11) is -4.37. The predicted octanol–water partition coefficient (Wildman–Crippen LogP) is 5.55. The monoisotopic (exact) mass is 478 g/mol. The number of carbonyl (C=O) groups is 1.